The summed E-state index contributed by atoms with van der Waals surface area (Å²) in [6, 6.07) is 16.3. The number of nitrogens with one attached hydrogen (secondary N) is 1. The van der Waals surface area contributed by atoms with Crippen molar-refractivity contribution in [2.75, 3.05) is 43.0 Å². The Hall–Kier alpha value is -3.45. The SMILES string of the molecule is Cc1ccc(OCC(=O)Nc2ccc(N3CCN(C(=O)c4ccco4)CC3)c(Cl)c2)cc1. The van der Waals surface area contributed by atoms with Gasteiger partial charge in [-0.3, -0.25) is 9.59 Å². The molecule has 0 unspecified atom stereocenters. The van der Waals surface area contributed by atoms with E-state index in [-0.39, 0.29) is 18.4 Å². The number of amides is 2. The number of benzene rings is 2. The molecule has 2 amide bonds. The number of carbonyl (C=O) groups excluding carboxylic acids is 2. The van der Waals surface area contributed by atoms with Crippen molar-refractivity contribution in [1.82, 2.24) is 4.90 Å². The molecule has 1 aliphatic heterocycles. The first-order valence-corrected chi connectivity index (χ1v) is 10.7. The van der Waals surface area contributed by atoms with E-state index in [2.05, 4.69) is 10.2 Å². The lowest BCUT2D eigenvalue weighted by Crippen LogP contribution is -2.48. The predicted molar refractivity (Wildman–Crippen MR) is 124 cm³/mol. The Balaban J connectivity index is 1.30. The van der Waals surface area contributed by atoms with Crippen molar-refractivity contribution in [3.8, 4) is 5.75 Å². The van der Waals surface area contributed by atoms with Gasteiger partial charge in [0.2, 0.25) is 0 Å². The monoisotopic (exact) mass is 453 g/mol. The molecule has 0 saturated carbocycles. The van der Waals surface area contributed by atoms with E-state index < -0.39 is 0 Å². The molecule has 0 radical (unpaired) electrons. The number of nitrogens with zero attached hydrogens (tertiary/aromatic N) is 2. The number of furan rings is 1. The van der Waals surface area contributed by atoms with Gasteiger partial charge in [0.25, 0.3) is 11.8 Å². The van der Waals surface area contributed by atoms with Crippen LogP contribution in [0.3, 0.4) is 0 Å². The van der Waals surface area contributed by atoms with Gasteiger partial charge in [-0.2, -0.15) is 0 Å². The molecule has 4 rings (SSSR count). The zero-order valence-electron chi connectivity index (χ0n) is 17.7. The molecule has 1 saturated heterocycles. The summed E-state index contributed by atoms with van der Waals surface area (Å²) in [4.78, 5) is 28.5. The first-order chi connectivity index (χ1) is 15.5. The summed E-state index contributed by atoms with van der Waals surface area (Å²) in [5.41, 5.74) is 2.59. The van der Waals surface area contributed by atoms with Crippen molar-refractivity contribution in [2.45, 2.75) is 6.92 Å². The first-order valence-electron chi connectivity index (χ1n) is 10.4. The molecule has 166 valence electrons. The van der Waals surface area contributed by atoms with E-state index in [9.17, 15) is 9.59 Å². The third-order valence-electron chi connectivity index (χ3n) is 5.26. The van der Waals surface area contributed by atoms with Crippen molar-refractivity contribution < 1.29 is 18.7 Å². The van der Waals surface area contributed by atoms with Gasteiger partial charge in [0.15, 0.2) is 12.4 Å². The maximum Gasteiger partial charge on any atom is 0.289 e. The molecule has 8 heteroatoms. The number of piperazine rings is 1. The summed E-state index contributed by atoms with van der Waals surface area (Å²) in [6.07, 6.45) is 1.50. The van der Waals surface area contributed by atoms with Gasteiger partial charge in [-0.1, -0.05) is 29.3 Å². The second-order valence-electron chi connectivity index (χ2n) is 7.57. The molecule has 1 N–H and O–H groups in total. The molecule has 7 nitrogen and oxygen atoms in total. The van der Waals surface area contributed by atoms with Gasteiger partial charge in [-0.25, -0.2) is 0 Å². The lowest BCUT2D eigenvalue weighted by molar-refractivity contribution is -0.118. The molecule has 1 aliphatic rings. The van der Waals surface area contributed by atoms with Gasteiger partial charge in [-0.05, 0) is 49.4 Å². The van der Waals surface area contributed by atoms with Crippen molar-refractivity contribution in [3.63, 3.8) is 0 Å². The normalized spacial score (nSPS) is 13.7. The highest BCUT2D eigenvalue weighted by Crippen LogP contribution is 2.30. The Kier molecular flexibility index (Phi) is 6.66. The Bertz CT molecular complexity index is 1080. The fraction of sp³-hybridized carbons (Fsp3) is 0.250. The lowest BCUT2D eigenvalue weighted by atomic mass is 10.2. The van der Waals surface area contributed by atoms with Crippen LogP contribution in [0.15, 0.2) is 65.3 Å². The van der Waals surface area contributed by atoms with Gasteiger partial charge < -0.3 is 24.3 Å². The minimum absolute atomic E-state index is 0.0892. The number of carbonyl (C=O) groups is 2. The smallest absolute Gasteiger partial charge is 0.289 e. The second kappa shape index (κ2) is 9.78. The molecule has 0 bridgehead atoms. The van der Waals surface area contributed by atoms with E-state index in [1.165, 1.54) is 6.26 Å². The first kappa shape index (κ1) is 21.8. The summed E-state index contributed by atoms with van der Waals surface area (Å²) >= 11 is 6.49. The van der Waals surface area contributed by atoms with Crippen LogP contribution in [0.2, 0.25) is 5.02 Å². The van der Waals surface area contributed by atoms with E-state index in [1.54, 1.807) is 23.1 Å². The summed E-state index contributed by atoms with van der Waals surface area (Å²) in [7, 11) is 0. The van der Waals surface area contributed by atoms with E-state index in [1.807, 2.05) is 43.3 Å². The summed E-state index contributed by atoms with van der Waals surface area (Å²) in [5, 5.41) is 3.34. The fourth-order valence-electron chi connectivity index (χ4n) is 3.53. The number of ether oxygens (including phenoxy) is 1. The topological polar surface area (TPSA) is 75.0 Å². The highest BCUT2D eigenvalue weighted by Gasteiger charge is 2.24. The van der Waals surface area contributed by atoms with E-state index in [0.29, 0.717) is 48.4 Å². The summed E-state index contributed by atoms with van der Waals surface area (Å²) in [6.45, 7) is 4.36. The number of hydrogen-bond donors (Lipinski definition) is 1. The van der Waals surface area contributed by atoms with Crippen LogP contribution in [0.1, 0.15) is 16.1 Å². The van der Waals surface area contributed by atoms with Crippen LogP contribution in [0, 0.1) is 6.92 Å². The third-order valence-corrected chi connectivity index (χ3v) is 5.56. The van der Waals surface area contributed by atoms with Crippen LogP contribution in [-0.2, 0) is 4.79 Å². The molecule has 3 aromatic rings. The molecule has 1 fully saturated rings. The highest BCUT2D eigenvalue weighted by molar-refractivity contribution is 6.33. The minimum atomic E-state index is -0.264. The van der Waals surface area contributed by atoms with Crippen LogP contribution in [0.4, 0.5) is 11.4 Å². The van der Waals surface area contributed by atoms with Crippen molar-refractivity contribution in [1.29, 1.82) is 0 Å². The Labute approximate surface area is 191 Å². The summed E-state index contributed by atoms with van der Waals surface area (Å²) in [5.74, 6) is 0.623. The zero-order valence-corrected chi connectivity index (χ0v) is 18.5. The Morgan fingerprint density at radius 3 is 2.47 bits per heavy atom. The van der Waals surface area contributed by atoms with Crippen LogP contribution in [0.5, 0.6) is 5.75 Å². The summed E-state index contributed by atoms with van der Waals surface area (Å²) < 4.78 is 10.7. The van der Waals surface area contributed by atoms with Crippen molar-refractivity contribution in [2.24, 2.45) is 0 Å². The van der Waals surface area contributed by atoms with Gasteiger partial charge in [0.1, 0.15) is 5.75 Å². The predicted octanol–water partition coefficient (Wildman–Crippen LogP) is 4.22. The molecule has 0 aliphatic carbocycles. The Morgan fingerprint density at radius 2 is 1.81 bits per heavy atom. The lowest BCUT2D eigenvalue weighted by Gasteiger charge is -2.36. The standard InChI is InChI=1S/C24H24ClN3O4/c1-17-4-7-19(8-5-17)32-16-23(29)26-18-6-9-21(20(25)15-18)27-10-12-28(13-11-27)24(30)22-3-2-14-31-22/h2-9,14-15H,10-13,16H2,1H3,(H,26,29). The number of hydrogen-bond acceptors (Lipinski definition) is 5. The maximum atomic E-state index is 12.4. The quantitative estimate of drug-likeness (QED) is 0.604. The molecular weight excluding hydrogens is 430 g/mol. The zero-order chi connectivity index (χ0) is 22.5. The largest absolute Gasteiger partial charge is 0.484 e. The van der Waals surface area contributed by atoms with Gasteiger partial charge in [-0.15, -0.1) is 0 Å². The second-order valence-corrected chi connectivity index (χ2v) is 7.98. The molecule has 0 spiro atoms. The minimum Gasteiger partial charge on any atom is -0.484 e. The van der Waals surface area contributed by atoms with E-state index in [0.717, 1.165) is 11.3 Å². The van der Waals surface area contributed by atoms with Crippen molar-refractivity contribution in [3.05, 3.63) is 77.2 Å². The van der Waals surface area contributed by atoms with E-state index in [4.69, 9.17) is 20.8 Å². The van der Waals surface area contributed by atoms with Gasteiger partial charge in [0.05, 0.1) is 17.0 Å². The average molecular weight is 454 g/mol. The molecule has 2 aromatic carbocycles. The van der Waals surface area contributed by atoms with Crippen LogP contribution >= 0.6 is 11.6 Å². The molecule has 2 heterocycles. The van der Waals surface area contributed by atoms with Gasteiger partial charge >= 0.3 is 0 Å². The number of halogens is 1. The van der Waals surface area contributed by atoms with E-state index >= 15 is 0 Å². The van der Waals surface area contributed by atoms with Crippen LogP contribution in [-0.4, -0.2) is 49.5 Å². The molecule has 1 aromatic heterocycles. The number of anilines is 2. The maximum absolute atomic E-state index is 12.4. The number of rotatable bonds is 6. The van der Waals surface area contributed by atoms with Gasteiger partial charge in [0, 0.05) is 31.9 Å². The van der Waals surface area contributed by atoms with Crippen molar-refractivity contribution >= 4 is 34.8 Å². The highest BCUT2D eigenvalue weighted by atomic mass is 35.5. The number of aryl methyl sites for hydroxylation is 1. The third kappa shape index (κ3) is 5.23. The molecule has 0 atom stereocenters. The fourth-order valence-corrected chi connectivity index (χ4v) is 3.83. The average Bonchev–Trinajstić information content (AvgIpc) is 3.34. The molecule has 32 heavy (non-hydrogen) atoms. The van der Waals surface area contributed by atoms with Crippen LogP contribution < -0.4 is 15.0 Å². The molecular formula is C24H24ClN3O4. The van der Waals surface area contributed by atoms with Crippen LogP contribution in [0.25, 0.3) is 0 Å². The Morgan fingerprint density at radius 1 is 1.06 bits per heavy atom.